The monoisotopic (exact) mass is 295 g/mol. The van der Waals surface area contributed by atoms with Gasteiger partial charge in [0.1, 0.15) is 6.04 Å². The Labute approximate surface area is 124 Å². The average Bonchev–Trinajstić information content (AvgIpc) is 2.45. The quantitative estimate of drug-likeness (QED) is 0.713. The molecule has 0 spiro atoms. The molecule has 116 valence electrons. The first kappa shape index (κ1) is 16.8. The molecule has 0 aromatic carbocycles. The van der Waals surface area contributed by atoms with Gasteiger partial charge in [-0.05, 0) is 12.8 Å². The molecule has 0 saturated carbocycles. The van der Waals surface area contributed by atoms with Gasteiger partial charge in [0.2, 0.25) is 5.91 Å². The van der Waals surface area contributed by atoms with E-state index in [0.717, 1.165) is 0 Å². The number of piperidine rings is 1. The van der Waals surface area contributed by atoms with Gasteiger partial charge in [-0.25, -0.2) is 9.59 Å². The SMILES string of the molecule is C#CCC(NC(=O)C1CCCN(C(=O)N(C)C)C1)C(=O)O. The van der Waals surface area contributed by atoms with Crippen LogP contribution in [0.3, 0.4) is 0 Å². The summed E-state index contributed by atoms with van der Waals surface area (Å²) in [5.41, 5.74) is 0. The molecule has 0 radical (unpaired) electrons. The van der Waals surface area contributed by atoms with Gasteiger partial charge in [-0.15, -0.1) is 12.3 Å². The summed E-state index contributed by atoms with van der Waals surface area (Å²) in [6.07, 6.45) is 6.38. The molecule has 1 fully saturated rings. The summed E-state index contributed by atoms with van der Waals surface area (Å²) in [7, 11) is 3.30. The van der Waals surface area contributed by atoms with Crippen molar-refractivity contribution in [1.29, 1.82) is 0 Å². The van der Waals surface area contributed by atoms with Gasteiger partial charge < -0.3 is 20.2 Å². The first-order valence-electron chi connectivity index (χ1n) is 6.79. The second kappa shape index (κ2) is 7.53. The van der Waals surface area contributed by atoms with Crippen molar-refractivity contribution in [3.8, 4) is 12.3 Å². The number of terminal acetylenes is 1. The van der Waals surface area contributed by atoms with Crippen molar-refractivity contribution in [2.24, 2.45) is 5.92 Å². The first-order chi connectivity index (χ1) is 9.86. The molecular weight excluding hydrogens is 274 g/mol. The normalized spacial score (nSPS) is 19.3. The van der Waals surface area contributed by atoms with Crippen molar-refractivity contribution in [3.63, 3.8) is 0 Å². The maximum Gasteiger partial charge on any atom is 0.327 e. The highest BCUT2D eigenvalue weighted by Gasteiger charge is 2.31. The summed E-state index contributed by atoms with van der Waals surface area (Å²) in [6.45, 7) is 0.902. The minimum atomic E-state index is -1.15. The van der Waals surface area contributed by atoms with Crippen LogP contribution in [0.5, 0.6) is 0 Å². The number of amides is 3. The molecule has 1 aliphatic rings. The highest BCUT2D eigenvalue weighted by atomic mass is 16.4. The molecule has 7 heteroatoms. The fourth-order valence-electron chi connectivity index (χ4n) is 2.26. The molecule has 0 aromatic heterocycles. The fraction of sp³-hybridized carbons (Fsp3) is 0.643. The molecule has 1 rings (SSSR count). The van der Waals surface area contributed by atoms with Crippen LogP contribution in [-0.4, -0.2) is 66.0 Å². The van der Waals surface area contributed by atoms with E-state index in [9.17, 15) is 14.4 Å². The van der Waals surface area contributed by atoms with Crippen LogP contribution in [0.4, 0.5) is 4.79 Å². The van der Waals surface area contributed by atoms with E-state index in [0.29, 0.717) is 25.9 Å². The number of nitrogens with one attached hydrogen (secondary N) is 1. The number of carboxylic acids is 1. The van der Waals surface area contributed by atoms with Crippen LogP contribution >= 0.6 is 0 Å². The van der Waals surface area contributed by atoms with Crippen LogP contribution in [0.1, 0.15) is 19.3 Å². The van der Waals surface area contributed by atoms with Gasteiger partial charge >= 0.3 is 12.0 Å². The van der Waals surface area contributed by atoms with Gasteiger partial charge in [0.25, 0.3) is 0 Å². The van der Waals surface area contributed by atoms with E-state index in [1.807, 2.05) is 0 Å². The van der Waals surface area contributed by atoms with Crippen LogP contribution in [0.15, 0.2) is 0 Å². The number of carbonyl (C=O) groups excluding carboxylic acids is 2. The van der Waals surface area contributed by atoms with Crippen LogP contribution < -0.4 is 5.32 Å². The number of aliphatic carboxylic acids is 1. The van der Waals surface area contributed by atoms with Gasteiger partial charge in [-0.2, -0.15) is 0 Å². The number of hydrogen-bond donors (Lipinski definition) is 2. The molecule has 0 bridgehead atoms. The van der Waals surface area contributed by atoms with Gasteiger partial charge in [-0.3, -0.25) is 4.79 Å². The maximum absolute atomic E-state index is 12.1. The number of likely N-dealkylation sites (tertiary alicyclic amines) is 1. The summed E-state index contributed by atoms with van der Waals surface area (Å²) < 4.78 is 0. The van der Waals surface area contributed by atoms with E-state index in [1.165, 1.54) is 4.90 Å². The highest BCUT2D eigenvalue weighted by molar-refractivity contribution is 5.86. The Kier molecular flexibility index (Phi) is 6.03. The van der Waals surface area contributed by atoms with Crippen LogP contribution in [-0.2, 0) is 9.59 Å². The molecule has 2 N–H and O–H groups in total. The topological polar surface area (TPSA) is 90.0 Å². The minimum absolute atomic E-state index is 0.0614. The van der Waals surface area contributed by atoms with Gasteiger partial charge in [0.05, 0.1) is 5.92 Å². The molecule has 0 aromatic rings. The fourth-order valence-corrected chi connectivity index (χ4v) is 2.26. The second-order valence-corrected chi connectivity index (χ2v) is 5.27. The lowest BCUT2D eigenvalue weighted by Gasteiger charge is -2.34. The molecule has 21 heavy (non-hydrogen) atoms. The van der Waals surface area contributed by atoms with E-state index in [2.05, 4.69) is 11.2 Å². The number of carbonyl (C=O) groups is 3. The Balaban J connectivity index is 2.63. The Morgan fingerprint density at radius 3 is 2.67 bits per heavy atom. The molecule has 1 aliphatic heterocycles. The predicted molar refractivity (Wildman–Crippen MR) is 76.4 cm³/mol. The largest absolute Gasteiger partial charge is 0.480 e. The van der Waals surface area contributed by atoms with Gasteiger partial charge in [0.15, 0.2) is 0 Å². The van der Waals surface area contributed by atoms with Crippen molar-refractivity contribution >= 4 is 17.9 Å². The Bertz CT molecular complexity index is 456. The average molecular weight is 295 g/mol. The van der Waals surface area contributed by atoms with Crippen molar-refractivity contribution in [2.45, 2.75) is 25.3 Å². The highest BCUT2D eigenvalue weighted by Crippen LogP contribution is 2.18. The molecule has 7 nitrogen and oxygen atoms in total. The predicted octanol–water partition coefficient (Wildman–Crippen LogP) is -0.0273. The summed E-state index contributed by atoms with van der Waals surface area (Å²) in [6, 6.07) is -1.23. The lowest BCUT2D eigenvalue weighted by atomic mass is 9.97. The number of hydrogen-bond acceptors (Lipinski definition) is 3. The zero-order valence-corrected chi connectivity index (χ0v) is 12.3. The van der Waals surface area contributed by atoms with Crippen LogP contribution in [0.2, 0.25) is 0 Å². The zero-order chi connectivity index (χ0) is 16.0. The molecule has 0 aliphatic carbocycles. The maximum atomic E-state index is 12.1. The molecule has 1 heterocycles. The standard InChI is InChI=1S/C14H21N3O4/c1-4-6-11(13(19)20)15-12(18)10-7-5-8-17(9-10)14(21)16(2)3/h1,10-11H,5-9H2,2-3H3,(H,15,18)(H,19,20). The van der Waals surface area contributed by atoms with Gasteiger partial charge in [-0.1, -0.05) is 0 Å². The van der Waals surface area contributed by atoms with E-state index in [-0.39, 0.29) is 18.4 Å². The number of urea groups is 1. The lowest BCUT2D eigenvalue weighted by molar-refractivity contribution is -0.142. The zero-order valence-electron chi connectivity index (χ0n) is 12.3. The Hall–Kier alpha value is -2.23. The van der Waals surface area contributed by atoms with E-state index >= 15 is 0 Å². The van der Waals surface area contributed by atoms with Crippen molar-refractivity contribution in [1.82, 2.24) is 15.1 Å². The summed E-state index contributed by atoms with van der Waals surface area (Å²) in [5.74, 6) is 0.311. The first-order valence-corrected chi connectivity index (χ1v) is 6.79. The third kappa shape index (κ3) is 4.67. The molecular formula is C14H21N3O4. The third-order valence-electron chi connectivity index (χ3n) is 3.38. The van der Waals surface area contributed by atoms with E-state index in [1.54, 1.807) is 19.0 Å². The van der Waals surface area contributed by atoms with Crippen LogP contribution in [0.25, 0.3) is 0 Å². The Morgan fingerprint density at radius 1 is 1.48 bits per heavy atom. The minimum Gasteiger partial charge on any atom is -0.480 e. The molecule has 2 unspecified atom stereocenters. The summed E-state index contributed by atoms with van der Waals surface area (Å²) in [4.78, 5) is 38.1. The van der Waals surface area contributed by atoms with Crippen molar-refractivity contribution < 1.29 is 19.5 Å². The number of nitrogens with zero attached hydrogens (tertiary/aromatic N) is 2. The van der Waals surface area contributed by atoms with Crippen LogP contribution in [0, 0.1) is 18.3 Å². The second-order valence-electron chi connectivity index (χ2n) is 5.27. The lowest BCUT2D eigenvalue weighted by Crippen LogP contribution is -2.51. The van der Waals surface area contributed by atoms with Crippen molar-refractivity contribution in [2.75, 3.05) is 27.2 Å². The smallest absolute Gasteiger partial charge is 0.327 e. The Morgan fingerprint density at radius 2 is 2.14 bits per heavy atom. The van der Waals surface area contributed by atoms with Gasteiger partial charge in [0, 0.05) is 33.6 Å². The number of rotatable bonds is 4. The number of carboxylic acid groups (broad SMARTS) is 1. The summed E-state index contributed by atoms with van der Waals surface area (Å²) in [5, 5.41) is 11.4. The van der Waals surface area contributed by atoms with E-state index in [4.69, 9.17) is 11.5 Å². The molecule has 2 atom stereocenters. The van der Waals surface area contributed by atoms with Crippen molar-refractivity contribution in [3.05, 3.63) is 0 Å². The summed E-state index contributed by atoms with van der Waals surface area (Å²) >= 11 is 0. The third-order valence-corrected chi connectivity index (χ3v) is 3.38. The molecule has 3 amide bonds. The molecule has 1 saturated heterocycles. The van der Waals surface area contributed by atoms with E-state index < -0.39 is 17.9 Å².